The molecule has 10 nitrogen and oxygen atoms in total. The molecule has 0 aliphatic heterocycles. The highest BCUT2D eigenvalue weighted by Crippen LogP contribution is 2.58. The van der Waals surface area contributed by atoms with Crippen molar-refractivity contribution < 1.29 is 46.5 Å². The molecular formula is C44H44O10P2. The molecule has 290 valence electrons. The summed E-state index contributed by atoms with van der Waals surface area (Å²) in [7, 11) is 5.37. The Morgan fingerprint density at radius 2 is 0.536 bits per heavy atom. The summed E-state index contributed by atoms with van der Waals surface area (Å²) in [6, 6.07) is 38.0. The first-order valence-corrected chi connectivity index (χ1v) is 19.9. The van der Waals surface area contributed by atoms with Gasteiger partial charge in [-0.1, -0.05) is 72.8 Å². The van der Waals surface area contributed by atoms with Gasteiger partial charge in [0, 0.05) is 22.3 Å². The van der Waals surface area contributed by atoms with Crippen LogP contribution in [-0.4, -0.2) is 42.7 Å². The van der Waals surface area contributed by atoms with Crippen LogP contribution in [0.1, 0.15) is 11.1 Å². The molecule has 0 aromatic heterocycles. The zero-order valence-electron chi connectivity index (χ0n) is 32.5. The molecule has 0 N–H and O–H groups in total. The van der Waals surface area contributed by atoms with Crippen LogP contribution in [0, 0.1) is 13.8 Å². The monoisotopic (exact) mass is 794 g/mol. The molecule has 6 rings (SSSR count). The minimum Gasteiger partial charge on any atom is -0.492 e. The van der Waals surface area contributed by atoms with E-state index in [1.54, 1.807) is 42.7 Å². The molecule has 0 aliphatic rings. The maximum atomic E-state index is 6.85. The lowest BCUT2D eigenvalue weighted by molar-refractivity contribution is 0.321. The van der Waals surface area contributed by atoms with Crippen LogP contribution in [0.2, 0.25) is 0 Å². The van der Waals surface area contributed by atoms with Gasteiger partial charge in [-0.3, -0.25) is 0 Å². The molecule has 0 saturated heterocycles. The molecular weight excluding hydrogens is 750 g/mol. The molecule has 6 aromatic carbocycles. The number of methoxy groups -OCH3 is 6. The molecule has 0 atom stereocenters. The van der Waals surface area contributed by atoms with E-state index >= 15 is 0 Å². The fourth-order valence-electron chi connectivity index (χ4n) is 6.28. The number of hydrogen-bond acceptors (Lipinski definition) is 10. The lowest BCUT2D eigenvalue weighted by Gasteiger charge is -2.31. The van der Waals surface area contributed by atoms with Gasteiger partial charge < -0.3 is 46.5 Å². The van der Waals surface area contributed by atoms with Crippen LogP contribution in [0.4, 0.5) is 0 Å². The summed E-state index contributed by atoms with van der Waals surface area (Å²) in [6.07, 6.45) is 0. The van der Waals surface area contributed by atoms with Gasteiger partial charge in [-0.15, -0.1) is 0 Å². The van der Waals surface area contributed by atoms with Gasteiger partial charge in [-0.25, -0.2) is 0 Å². The zero-order chi connectivity index (χ0) is 39.6. The predicted octanol–water partition coefficient (Wildman–Crippen LogP) is 10.2. The lowest BCUT2D eigenvalue weighted by atomic mass is 9.96. The van der Waals surface area contributed by atoms with Gasteiger partial charge in [0.15, 0.2) is 23.0 Å². The van der Waals surface area contributed by atoms with Crippen LogP contribution in [0.25, 0.3) is 11.1 Å². The zero-order valence-corrected chi connectivity index (χ0v) is 34.3. The number of hydrogen-bond donors (Lipinski definition) is 0. The molecule has 6 aromatic rings. The van der Waals surface area contributed by atoms with Gasteiger partial charge in [0.25, 0.3) is 0 Å². The van der Waals surface area contributed by atoms with Crippen molar-refractivity contribution in [3.8, 4) is 68.6 Å². The topological polar surface area (TPSA) is 92.3 Å². The van der Waals surface area contributed by atoms with E-state index in [1.807, 2.05) is 135 Å². The third-order valence-electron chi connectivity index (χ3n) is 8.71. The van der Waals surface area contributed by atoms with E-state index in [0.29, 0.717) is 90.4 Å². The highest BCUT2D eigenvalue weighted by Gasteiger charge is 2.41. The Kier molecular flexibility index (Phi) is 13.3. The average Bonchev–Trinajstić information content (AvgIpc) is 3.23. The third-order valence-corrected chi connectivity index (χ3v) is 12.1. The van der Waals surface area contributed by atoms with Crippen molar-refractivity contribution in [2.24, 2.45) is 0 Å². The second-order valence-electron chi connectivity index (χ2n) is 12.0. The number of rotatable bonds is 17. The Balaban J connectivity index is 1.79. The minimum atomic E-state index is -2.03. The van der Waals surface area contributed by atoms with Crippen molar-refractivity contribution in [1.29, 1.82) is 0 Å². The normalized spacial score (nSPS) is 10.8. The van der Waals surface area contributed by atoms with Crippen molar-refractivity contribution in [3.05, 3.63) is 132 Å². The van der Waals surface area contributed by atoms with Gasteiger partial charge in [0.05, 0.1) is 53.3 Å². The summed E-state index contributed by atoms with van der Waals surface area (Å²) in [4.78, 5) is 0. The Hall–Kier alpha value is -5.82. The first-order chi connectivity index (χ1) is 27.4. The number of benzene rings is 6. The van der Waals surface area contributed by atoms with Gasteiger partial charge in [0.2, 0.25) is 11.5 Å². The lowest BCUT2D eigenvalue weighted by Crippen LogP contribution is -2.24. The van der Waals surface area contributed by atoms with Gasteiger partial charge in [-0.2, -0.15) is 0 Å². The fourth-order valence-corrected chi connectivity index (χ4v) is 9.51. The first kappa shape index (κ1) is 39.9. The SMILES string of the molecule is COc1c(C)c(P(Oc2ccccc2)Oc2ccccc2)c(-c2c(OC)c(OC)c(OC)c(C)c2P(Oc2ccccc2)Oc2ccccc2)c(OC)c1OC. The number of para-hydroxylation sites is 4. The van der Waals surface area contributed by atoms with E-state index in [2.05, 4.69) is 0 Å². The molecule has 0 spiro atoms. The van der Waals surface area contributed by atoms with Crippen LogP contribution in [-0.2, 0) is 0 Å². The van der Waals surface area contributed by atoms with E-state index < -0.39 is 16.8 Å². The van der Waals surface area contributed by atoms with Gasteiger partial charge >= 0.3 is 16.8 Å². The standard InChI is InChI=1S/C44H44O10P2/c1-29-37(45-3)41(49-7)39(47-5)35(43(29)55(51-31-21-13-9-14-22-31)52-32-23-15-10-16-24-32)36-40(48-6)42(50-8)38(46-4)30(2)44(36)56(53-33-25-17-11-18-26-33)54-34-27-19-12-20-28-34/h9-28H,1-8H3. The average molecular weight is 795 g/mol. The van der Waals surface area contributed by atoms with E-state index in [0.717, 1.165) is 0 Å². The van der Waals surface area contributed by atoms with Crippen molar-refractivity contribution in [2.75, 3.05) is 42.7 Å². The molecule has 0 heterocycles. The summed E-state index contributed by atoms with van der Waals surface area (Å²) < 4.78 is 64.4. The Morgan fingerprint density at radius 1 is 0.304 bits per heavy atom. The van der Waals surface area contributed by atoms with Gasteiger partial charge in [-0.05, 0) is 62.4 Å². The predicted molar refractivity (Wildman–Crippen MR) is 222 cm³/mol. The molecule has 0 aliphatic carbocycles. The van der Waals surface area contributed by atoms with Crippen LogP contribution in [0.15, 0.2) is 121 Å². The molecule has 12 heteroatoms. The van der Waals surface area contributed by atoms with E-state index in [-0.39, 0.29) is 0 Å². The quantitative estimate of drug-likeness (QED) is 0.0831. The fraction of sp³-hybridized carbons (Fsp3) is 0.182. The maximum absolute atomic E-state index is 6.85. The molecule has 0 saturated carbocycles. The summed E-state index contributed by atoms with van der Waals surface area (Å²) in [5, 5.41) is 1.23. The first-order valence-electron chi connectivity index (χ1n) is 17.6. The van der Waals surface area contributed by atoms with Crippen LogP contribution >= 0.6 is 16.8 Å². The van der Waals surface area contributed by atoms with Crippen LogP contribution in [0.5, 0.6) is 57.5 Å². The Labute approximate surface area is 330 Å². The molecule has 0 radical (unpaired) electrons. The van der Waals surface area contributed by atoms with Crippen LogP contribution in [0.3, 0.4) is 0 Å². The maximum Gasteiger partial charge on any atom is 0.327 e. The molecule has 56 heavy (non-hydrogen) atoms. The Morgan fingerprint density at radius 3 is 0.750 bits per heavy atom. The van der Waals surface area contributed by atoms with Crippen LogP contribution < -0.4 is 57.1 Å². The summed E-state index contributed by atoms with van der Waals surface area (Å²) in [5.74, 6) is 4.57. The highest BCUT2D eigenvalue weighted by molar-refractivity contribution is 7.58. The summed E-state index contributed by atoms with van der Waals surface area (Å²) in [5.41, 5.74) is 2.40. The van der Waals surface area contributed by atoms with Crippen molar-refractivity contribution in [1.82, 2.24) is 0 Å². The highest BCUT2D eigenvalue weighted by atomic mass is 31.2. The molecule has 0 unspecified atom stereocenters. The molecule has 0 fully saturated rings. The van der Waals surface area contributed by atoms with E-state index in [1.165, 1.54) is 0 Å². The van der Waals surface area contributed by atoms with E-state index in [4.69, 9.17) is 46.5 Å². The van der Waals surface area contributed by atoms with Crippen molar-refractivity contribution in [2.45, 2.75) is 13.8 Å². The summed E-state index contributed by atoms with van der Waals surface area (Å²) >= 11 is 0. The second kappa shape index (κ2) is 18.7. The van der Waals surface area contributed by atoms with Gasteiger partial charge in [0.1, 0.15) is 23.0 Å². The molecule has 0 bridgehead atoms. The number of ether oxygens (including phenoxy) is 6. The summed E-state index contributed by atoms with van der Waals surface area (Å²) in [6.45, 7) is 3.86. The van der Waals surface area contributed by atoms with Crippen molar-refractivity contribution in [3.63, 3.8) is 0 Å². The second-order valence-corrected chi connectivity index (χ2v) is 14.7. The third kappa shape index (κ3) is 8.23. The largest absolute Gasteiger partial charge is 0.492 e. The minimum absolute atomic E-state index is 0.325. The Bertz CT molecular complexity index is 1960. The smallest absolute Gasteiger partial charge is 0.327 e. The molecule has 0 amide bonds. The van der Waals surface area contributed by atoms with Crippen molar-refractivity contribution >= 4 is 27.4 Å². The van der Waals surface area contributed by atoms with E-state index in [9.17, 15) is 0 Å².